The number of fused-ring (bicyclic) bond motifs is 1. The van der Waals surface area contributed by atoms with Crippen LogP contribution in [0.5, 0.6) is 0 Å². The maximum atomic E-state index is 12.1. The molecule has 0 aliphatic carbocycles. The molecule has 0 saturated heterocycles. The highest BCUT2D eigenvalue weighted by Gasteiger charge is 2.30. The predicted molar refractivity (Wildman–Crippen MR) is 89.5 cm³/mol. The molecule has 6 nitrogen and oxygen atoms in total. The molecule has 0 bridgehead atoms. The second-order valence-electron chi connectivity index (χ2n) is 5.55. The minimum absolute atomic E-state index is 0.0670. The van der Waals surface area contributed by atoms with E-state index in [0.717, 1.165) is 22.0 Å². The molecule has 1 atom stereocenters. The topological polar surface area (TPSA) is 76.0 Å². The molecule has 0 saturated carbocycles. The van der Waals surface area contributed by atoms with Crippen molar-refractivity contribution in [2.45, 2.75) is 18.0 Å². The number of nitrogens with zero attached hydrogens (tertiary/aromatic N) is 2. The number of imidazole rings is 1. The zero-order chi connectivity index (χ0) is 16.4. The first kappa shape index (κ1) is 15.6. The highest BCUT2D eigenvalue weighted by Crippen LogP contribution is 2.32. The highest BCUT2D eigenvalue weighted by atomic mass is 32.2. The van der Waals surface area contributed by atoms with Gasteiger partial charge in [0, 0.05) is 31.7 Å². The second kappa shape index (κ2) is 6.45. The molecule has 1 unspecified atom stereocenters. The van der Waals surface area contributed by atoms with Gasteiger partial charge in [0.25, 0.3) is 0 Å². The van der Waals surface area contributed by atoms with Gasteiger partial charge < -0.3 is 15.2 Å². The fourth-order valence-corrected chi connectivity index (χ4v) is 3.30. The lowest BCUT2D eigenvalue weighted by atomic mass is 9.99. The second-order valence-corrected chi connectivity index (χ2v) is 6.49. The Morgan fingerprint density at radius 1 is 1.48 bits per heavy atom. The Morgan fingerprint density at radius 3 is 3.04 bits per heavy atom. The van der Waals surface area contributed by atoms with Crippen molar-refractivity contribution in [1.29, 1.82) is 0 Å². The summed E-state index contributed by atoms with van der Waals surface area (Å²) < 4.78 is 1.86. The highest BCUT2D eigenvalue weighted by molar-refractivity contribution is 7.99. The molecule has 2 heterocycles. The van der Waals surface area contributed by atoms with Gasteiger partial charge in [0.1, 0.15) is 0 Å². The Hall–Kier alpha value is -2.28. The van der Waals surface area contributed by atoms with Crippen LogP contribution in [0.4, 0.5) is 5.69 Å². The van der Waals surface area contributed by atoms with Crippen LogP contribution in [0.1, 0.15) is 17.0 Å². The average Bonchev–Trinajstić information content (AvgIpc) is 3.06. The third-order valence-corrected chi connectivity index (χ3v) is 4.83. The van der Waals surface area contributed by atoms with Crippen molar-refractivity contribution in [2.75, 3.05) is 17.6 Å². The molecule has 2 amide bonds. The standard InChI is InChI=1S/C16H18N4O2S/c1-10-3-4-13-11(7-10)12(15(22)19-13)8-18-14(21)9-23-16-17-5-6-20(16)2/h3-7,12H,8-9H2,1-2H3,(H,18,21)(H,19,22). The van der Waals surface area contributed by atoms with Gasteiger partial charge in [-0.15, -0.1) is 0 Å². The van der Waals surface area contributed by atoms with E-state index in [-0.39, 0.29) is 23.5 Å². The lowest BCUT2D eigenvalue weighted by Gasteiger charge is -2.11. The van der Waals surface area contributed by atoms with E-state index >= 15 is 0 Å². The Kier molecular flexibility index (Phi) is 4.38. The van der Waals surface area contributed by atoms with E-state index in [9.17, 15) is 9.59 Å². The number of benzene rings is 1. The summed E-state index contributed by atoms with van der Waals surface area (Å²) >= 11 is 1.37. The van der Waals surface area contributed by atoms with Crippen molar-refractivity contribution in [1.82, 2.24) is 14.9 Å². The van der Waals surface area contributed by atoms with Crippen LogP contribution in [0, 0.1) is 6.92 Å². The molecular formula is C16H18N4O2S. The quantitative estimate of drug-likeness (QED) is 0.818. The van der Waals surface area contributed by atoms with Crippen LogP contribution in [0.3, 0.4) is 0 Å². The molecule has 1 aromatic carbocycles. The molecule has 1 aromatic heterocycles. The lowest BCUT2D eigenvalue weighted by molar-refractivity contribution is -0.119. The van der Waals surface area contributed by atoms with Crippen LogP contribution < -0.4 is 10.6 Å². The van der Waals surface area contributed by atoms with Crippen LogP contribution in [-0.4, -0.2) is 33.7 Å². The Balaban J connectivity index is 1.56. The van der Waals surface area contributed by atoms with Crippen molar-refractivity contribution in [3.05, 3.63) is 41.7 Å². The maximum absolute atomic E-state index is 12.1. The van der Waals surface area contributed by atoms with E-state index in [1.54, 1.807) is 6.20 Å². The first-order valence-corrected chi connectivity index (χ1v) is 8.31. The summed E-state index contributed by atoms with van der Waals surface area (Å²) in [5.74, 6) is -0.221. The number of anilines is 1. The average molecular weight is 330 g/mol. The van der Waals surface area contributed by atoms with Gasteiger partial charge in [-0.1, -0.05) is 29.5 Å². The van der Waals surface area contributed by atoms with Crippen LogP contribution >= 0.6 is 11.8 Å². The zero-order valence-electron chi connectivity index (χ0n) is 13.0. The lowest BCUT2D eigenvalue weighted by Crippen LogP contribution is -2.32. The van der Waals surface area contributed by atoms with Crippen LogP contribution in [-0.2, 0) is 16.6 Å². The van der Waals surface area contributed by atoms with Gasteiger partial charge in [0.05, 0.1) is 11.7 Å². The minimum atomic E-state index is -0.327. The maximum Gasteiger partial charge on any atom is 0.233 e. The summed E-state index contributed by atoms with van der Waals surface area (Å²) in [6.07, 6.45) is 3.53. The number of carbonyl (C=O) groups excluding carboxylic acids is 2. The molecule has 3 rings (SSSR count). The van der Waals surface area contributed by atoms with E-state index in [1.165, 1.54) is 11.8 Å². The summed E-state index contributed by atoms with van der Waals surface area (Å²) in [7, 11) is 1.88. The molecule has 0 fully saturated rings. The molecule has 120 valence electrons. The van der Waals surface area contributed by atoms with Gasteiger partial charge in [-0.2, -0.15) is 0 Å². The fourth-order valence-electron chi connectivity index (χ4n) is 2.54. The third kappa shape index (κ3) is 3.39. The molecule has 2 N–H and O–H groups in total. The number of nitrogens with one attached hydrogen (secondary N) is 2. The van der Waals surface area contributed by atoms with Gasteiger partial charge in [-0.05, 0) is 18.6 Å². The van der Waals surface area contributed by atoms with E-state index in [1.807, 2.05) is 42.9 Å². The molecule has 7 heteroatoms. The van der Waals surface area contributed by atoms with Crippen LogP contribution in [0.2, 0.25) is 0 Å². The summed E-state index contributed by atoms with van der Waals surface area (Å²) in [5.41, 5.74) is 2.89. The largest absolute Gasteiger partial charge is 0.354 e. The van der Waals surface area contributed by atoms with E-state index in [4.69, 9.17) is 0 Å². The van der Waals surface area contributed by atoms with Crippen LogP contribution in [0.25, 0.3) is 0 Å². The van der Waals surface area contributed by atoms with Gasteiger partial charge in [-0.3, -0.25) is 9.59 Å². The third-order valence-electron chi connectivity index (χ3n) is 3.77. The fraction of sp³-hybridized carbons (Fsp3) is 0.312. The molecule has 23 heavy (non-hydrogen) atoms. The van der Waals surface area contributed by atoms with Crippen molar-refractivity contribution >= 4 is 29.3 Å². The van der Waals surface area contributed by atoms with E-state index in [0.29, 0.717) is 6.54 Å². The van der Waals surface area contributed by atoms with E-state index < -0.39 is 0 Å². The molecule has 0 radical (unpaired) electrons. The van der Waals surface area contributed by atoms with Crippen LogP contribution in [0.15, 0.2) is 35.7 Å². The number of rotatable bonds is 5. The summed E-state index contributed by atoms with van der Waals surface area (Å²) in [4.78, 5) is 28.2. The Bertz CT molecular complexity index is 756. The van der Waals surface area contributed by atoms with Gasteiger partial charge in [-0.25, -0.2) is 4.98 Å². The van der Waals surface area contributed by atoms with Gasteiger partial charge in [0.2, 0.25) is 11.8 Å². The van der Waals surface area contributed by atoms with Gasteiger partial charge in [0.15, 0.2) is 5.16 Å². The first-order valence-electron chi connectivity index (χ1n) is 7.33. The van der Waals surface area contributed by atoms with Crippen molar-refractivity contribution in [3.8, 4) is 0 Å². The van der Waals surface area contributed by atoms with Crippen molar-refractivity contribution in [3.63, 3.8) is 0 Å². The number of thioether (sulfide) groups is 1. The molecule has 1 aliphatic rings. The normalized spacial score (nSPS) is 16.1. The predicted octanol–water partition coefficient (Wildman–Crippen LogP) is 1.67. The number of amides is 2. The Morgan fingerprint density at radius 2 is 2.30 bits per heavy atom. The number of carbonyl (C=O) groups is 2. The SMILES string of the molecule is Cc1ccc2c(c1)C(CNC(=O)CSc1nccn1C)C(=O)N2. The smallest absolute Gasteiger partial charge is 0.233 e. The summed E-state index contributed by atoms with van der Waals surface area (Å²) in [5, 5.41) is 6.48. The number of hydrogen-bond donors (Lipinski definition) is 2. The zero-order valence-corrected chi connectivity index (χ0v) is 13.8. The Labute approximate surface area is 138 Å². The molecule has 0 spiro atoms. The molecule has 2 aromatic rings. The number of aryl methyl sites for hydroxylation is 2. The van der Waals surface area contributed by atoms with Gasteiger partial charge >= 0.3 is 0 Å². The van der Waals surface area contributed by atoms with Crippen molar-refractivity contribution < 1.29 is 9.59 Å². The number of hydrogen-bond acceptors (Lipinski definition) is 4. The van der Waals surface area contributed by atoms with E-state index in [2.05, 4.69) is 15.6 Å². The summed E-state index contributed by atoms with van der Waals surface area (Å²) in [6, 6.07) is 5.86. The monoisotopic (exact) mass is 330 g/mol. The molecule has 1 aliphatic heterocycles. The number of aromatic nitrogens is 2. The van der Waals surface area contributed by atoms with Crippen molar-refractivity contribution in [2.24, 2.45) is 7.05 Å². The summed E-state index contributed by atoms with van der Waals surface area (Å²) in [6.45, 7) is 2.30. The molecular weight excluding hydrogens is 312 g/mol. The minimum Gasteiger partial charge on any atom is -0.354 e. The first-order chi connectivity index (χ1) is 11.0.